The Morgan fingerprint density at radius 1 is 1.54 bits per heavy atom. The van der Waals surface area contributed by atoms with Crippen molar-refractivity contribution < 1.29 is 14.6 Å². The Balaban J connectivity index is 3.25. The first-order valence-electron chi connectivity index (χ1n) is 3.63. The van der Waals surface area contributed by atoms with Crippen LogP contribution in [0, 0.1) is 5.82 Å². The van der Waals surface area contributed by atoms with Crippen LogP contribution in [-0.2, 0) is 0 Å². The summed E-state index contributed by atoms with van der Waals surface area (Å²) >= 11 is 3.08. The first-order chi connectivity index (χ1) is 6.07. The molecule has 1 atom stereocenters. The molecular formula is C8H9BrFNO2. The van der Waals surface area contributed by atoms with Crippen molar-refractivity contribution in [1.82, 2.24) is 0 Å². The van der Waals surface area contributed by atoms with Crippen molar-refractivity contribution in [3.05, 3.63) is 28.0 Å². The van der Waals surface area contributed by atoms with Crippen LogP contribution < -0.4 is 5.73 Å². The zero-order chi connectivity index (χ0) is 10.0. The minimum absolute atomic E-state index is 0.0738. The van der Waals surface area contributed by atoms with Gasteiger partial charge in [0.05, 0.1) is 6.10 Å². The molecule has 72 valence electrons. The molecule has 0 bridgehead atoms. The molecule has 0 radical (unpaired) electrons. The van der Waals surface area contributed by atoms with Gasteiger partial charge in [-0.2, -0.15) is 0 Å². The lowest BCUT2D eigenvalue weighted by molar-refractivity contribution is 0.180. The fourth-order valence-electron chi connectivity index (χ4n) is 0.992. The van der Waals surface area contributed by atoms with Crippen LogP contribution in [0.3, 0.4) is 0 Å². The van der Waals surface area contributed by atoms with Gasteiger partial charge in [-0.25, -0.2) is 4.39 Å². The molecule has 0 spiro atoms. The summed E-state index contributed by atoms with van der Waals surface area (Å²) in [5.41, 5.74) is 5.27. The van der Waals surface area contributed by atoms with Gasteiger partial charge >= 0.3 is 0 Å². The topological polar surface area (TPSA) is 66.5 Å². The second kappa shape index (κ2) is 4.04. The molecule has 1 aromatic rings. The summed E-state index contributed by atoms with van der Waals surface area (Å²) in [7, 11) is 0. The Hall–Kier alpha value is -0.650. The quantitative estimate of drug-likeness (QED) is 0.740. The molecule has 1 rings (SSSR count). The maximum Gasteiger partial charge on any atom is 0.165 e. The van der Waals surface area contributed by atoms with Crippen LogP contribution in [0.15, 0.2) is 16.6 Å². The fraction of sp³-hybridized carbons (Fsp3) is 0.250. The molecule has 1 unspecified atom stereocenters. The zero-order valence-electron chi connectivity index (χ0n) is 6.67. The number of aliphatic hydroxyl groups excluding tert-OH is 1. The normalized spacial score (nSPS) is 12.9. The Morgan fingerprint density at radius 2 is 2.15 bits per heavy atom. The van der Waals surface area contributed by atoms with E-state index in [2.05, 4.69) is 15.9 Å². The van der Waals surface area contributed by atoms with Gasteiger partial charge in [0.1, 0.15) is 0 Å². The monoisotopic (exact) mass is 249 g/mol. The predicted octanol–water partition coefficient (Wildman–Crippen LogP) is 1.29. The Labute approximate surface area is 83.1 Å². The summed E-state index contributed by atoms with van der Waals surface area (Å²) in [5, 5.41) is 18.6. The summed E-state index contributed by atoms with van der Waals surface area (Å²) in [5.74, 6) is -1.34. The van der Waals surface area contributed by atoms with E-state index in [1.54, 1.807) is 0 Å². The first-order valence-corrected chi connectivity index (χ1v) is 4.42. The molecule has 0 fully saturated rings. The number of hydrogen-bond acceptors (Lipinski definition) is 3. The molecule has 0 aliphatic rings. The third-order valence-electron chi connectivity index (χ3n) is 1.67. The van der Waals surface area contributed by atoms with Gasteiger partial charge in [-0.05, 0) is 12.1 Å². The van der Waals surface area contributed by atoms with Crippen LogP contribution >= 0.6 is 15.9 Å². The second-order valence-corrected chi connectivity index (χ2v) is 3.40. The lowest BCUT2D eigenvalue weighted by atomic mass is 10.1. The Kier molecular flexibility index (Phi) is 3.24. The number of aromatic hydroxyl groups is 1. The Morgan fingerprint density at radius 3 is 2.69 bits per heavy atom. The molecule has 1 aromatic carbocycles. The van der Waals surface area contributed by atoms with E-state index >= 15 is 0 Å². The van der Waals surface area contributed by atoms with Crippen LogP contribution in [-0.4, -0.2) is 16.8 Å². The molecule has 0 aromatic heterocycles. The molecule has 3 nitrogen and oxygen atoms in total. The molecule has 0 heterocycles. The average molecular weight is 250 g/mol. The maximum absolute atomic E-state index is 12.8. The molecular weight excluding hydrogens is 241 g/mol. The second-order valence-electron chi connectivity index (χ2n) is 2.54. The summed E-state index contributed by atoms with van der Waals surface area (Å²) in [4.78, 5) is 0. The van der Waals surface area contributed by atoms with Gasteiger partial charge < -0.3 is 15.9 Å². The van der Waals surface area contributed by atoms with Crippen LogP contribution in [0.5, 0.6) is 5.75 Å². The van der Waals surface area contributed by atoms with E-state index in [1.807, 2.05) is 0 Å². The third kappa shape index (κ3) is 1.99. The van der Waals surface area contributed by atoms with Crippen LogP contribution in [0.2, 0.25) is 0 Å². The summed E-state index contributed by atoms with van der Waals surface area (Å²) in [6, 6.07) is 2.51. The van der Waals surface area contributed by atoms with Crippen molar-refractivity contribution in [2.75, 3.05) is 6.54 Å². The van der Waals surface area contributed by atoms with Gasteiger partial charge in [0, 0.05) is 16.6 Å². The standard InChI is InChI=1S/C8H9BrFNO2/c9-4-1-2-5(10)8(13)7(4)6(12)3-11/h1-2,6,12-13H,3,11H2. The Bertz CT molecular complexity index is 319. The molecule has 0 amide bonds. The minimum atomic E-state index is -1.06. The number of phenols is 1. The molecule has 0 saturated heterocycles. The van der Waals surface area contributed by atoms with Gasteiger partial charge in [0.2, 0.25) is 0 Å². The average Bonchev–Trinajstić information content (AvgIpc) is 2.12. The van der Waals surface area contributed by atoms with Crippen LogP contribution in [0.1, 0.15) is 11.7 Å². The highest BCUT2D eigenvalue weighted by Crippen LogP contribution is 2.33. The van der Waals surface area contributed by atoms with Crippen molar-refractivity contribution in [1.29, 1.82) is 0 Å². The van der Waals surface area contributed by atoms with E-state index in [4.69, 9.17) is 5.73 Å². The van der Waals surface area contributed by atoms with E-state index in [9.17, 15) is 14.6 Å². The van der Waals surface area contributed by atoms with Gasteiger partial charge in [-0.3, -0.25) is 0 Å². The fourth-order valence-corrected chi connectivity index (χ4v) is 1.58. The van der Waals surface area contributed by atoms with Crippen LogP contribution in [0.25, 0.3) is 0 Å². The molecule has 0 aliphatic heterocycles. The largest absolute Gasteiger partial charge is 0.505 e. The highest BCUT2D eigenvalue weighted by atomic mass is 79.9. The number of nitrogens with two attached hydrogens (primary N) is 1. The lowest BCUT2D eigenvalue weighted by Gasteiger charge is -2.12. The van der Waals surface area contributed by atoms with Crippen molar-refractivity contribution in [3.8, 4) is 5.75 Å². The molecule has 4 N–H and O–H groups in total. The number of benzene rings is 1. The first kappa shape index (κ1) is 10.4. The summed E-state index contributed by atoms with van der Waals surface area (Å²) < 4.78 is 13.3. The number of hydrogen-bond donors (Lipinski definition) is 3. The summed E-state index contributed by atoms with van der Waals surface area (Å²) in [6.07, 6.45) is -1.06. The molecule has 13 heavy (non-hydrogen) atoms. The lowest BCUT2D eigenvalue weighted by Crippen LogP contribution is -2.12. The van der Waals surface area contributed by atoms with Gasteiger partial charge in [0.25, 0.3) is 0 Å². The van der Waals surface area contributed by atoms with Crippen molar-refractivity contribution >= 4 is 15.9 Å². The van der Waals surface area contributed by atoms with Gasteiger partial charge in [-0.1, -0.05) is 15.9 Å². The predicted molar refractivity (Wildman–Crippen MR) is 49.8 cm³/mol. The molecule has 0 saturated carbocycles. The van der Waals surface area contributed by atoms with Gasteiger partial charge in [-0.15, -0.1) is 0 Å². The highest BCUT2D eigenvalue weighted by Gasteiger charge is 2.17. The van der Waals surface area contributed by atoms with Crippen molar-refractivity contribution in [2.24, 2.45) is 5.73 Å². The van der Waals surface area contributed by atoms with E-state index in [-0.39, 0.29) is 12.1 Å². The molecule has 5 heteroatoms. The summed E-state index contributed by atoms with van der Waals surface area (Å²) in [6.45, 7) is -0.0738. The maximum atomic E-state index is 12.8. The van der Waals surface area contributed by atoms with Crippen molar-refractivity contribution in [3.63, 3.8) is 0 Å². The highest BCUT2D eigenvalue weighted by molar-refractivity contribution is 9.10. The number of phenolic OH excluding ortho intramolecular Hbond substituents is 1. The smallest absolute Gasteiger partial charge is 0.165 e. The van der Waals surface area contributed by atoms with Gasteiger partial charge in [0.15, 0.2) is 11.6 Å². The van der Waals surface area contributed by atoms with E-state index in [0.29, 0.717) is 4.47 Å². The van der Waals surface area contributed by atoms with E-state index in [0.717, 1.165) is 6.07 Å². The minimum Gasteiger partial charge on any atom is -0.505 e. The van der Waals surface area contributed by atoms with Crippen LogP contribution in [0.4, 0.5) is 4.39 Å². The number of rotatable bonds is 2. The number of aliphatic hydroxyl groups is 1. The number of halogens is 2. The molecule has 0 aliphatic carbocycles. The van der Waals surface area contributed by atoms with E-state index in [1.165, 1.54) is 6.07 Å². The van der Waals surface area contributed by atoms with Crippen molar-refractivity contribution in [2.45, 2.75) is 6.10 Å². The third-order valence-corrected chi connectivity index (χ3v) is 2.36. The zero-order valence-corrected chi connectivity index (χ0v) is 8.25. The SMILES string of the molecule is NCC(O)c1c(Br)ccc(F)c1O. The van der Waals surface area contributed by atoms with E-state index < -0.39 is 17.7 Å².